The van der Waals surface area contributed by atoms with Gasteiger partial charge in [0.25, 0.3) is 0 Å². The van der Waals surface area contributed by atoms with Crippen LogP contribution in [0.15, 0.2) is 48.5 Å². The molecule has 0 unspecified atom stereocenters. The van der Waals surface area contributed by atoms with Crippen LogP contribution in [0.2, 0.25) is 0 Å². The standard InChI is InChI=1S/C18H21N/c1-19-13-11-15(12-14-19)9-10-17-7-4-6-16-5-2-3-8-18(16)17/h2-10,15H,11-14H2,1H3/b10-9+. The smallest absolute Gasteiger partial charge is 0.00162 e. The average molecular weight is 251 g/mol. The Morgan fingerprint density at radius 1 is 1.00 bits per heavy atom. The van der Waals surface area contributed by atoms with E-state index in [1.165, 1.54) is 42.3 Å². The Kier molecular flexibility index (Phi) is 3.65. The molecule has 0 radical (unpaired) electrons. The van der Waals surface area contributed by atoms with Crippen molar-refractivity contribution in [2.24, 2.45) is 5.92 Å². The van der Waals surface area contributed by atoms with Gasteiger partial charge in [0.05, 0.1) is 0 Å². The highest BCUT2D eigenvalue weighted by Crippen LogP contribution is 2.22. The van der Waals surface area contributed by atoms with E-state index < -0.39 is 0 Å². The monoisotopic (exact) mass is 251 g/mol. The van der Waals surface area contributed by atoms with Crippen molar-refractivity contribution in [1.29, 1.82) is 0 Å². The molecule has 1 aliphatic rings. The van der Waals surface area contributed by atoms with Crippen molar-refractivity contribution in [2.75, 3.05) is 20.1 Å². The van der Waals surface area contributed by atoms with E-state index in [2.05, 4.69) is 66.6 Å². The lowest BCUT2D eigenvalue weighted by atomic mass is 9.95. The summed E-state index contributed by atoms with van der Waals surface area (Å²) in [5.74, 6) is 0.746. The first-order valence-corrected chi connectivity index (χ1v) is 7.17. The molecule has 0 aliphatic carbocycles. The van der Waals surface area contributed by atoms with Crippen LogP contribution in [0.3, 0.4) is 0 Å². The number of rotatable bonds is 2. The summed E-state index contributed by atoms with van der Waals surface area (Å²) in [6.07, 6.45) is 7.31. The van der Waals surface area contributed by atoms with Gasteiger partial charge >= 0.3 is 0 Å². The first kappa shape index (κ1) is 12.4. The number of piperidine rings is 1. The minimum Gasteiger partial charge on any atom is -0.306 e. The molecule has 2 aromatic rings. The molecule has 19 heavy (non-hydrogen) atoms. The summed E-state index contributed by atoms with van der Waals surface area (Å²) in [6, 6.07) is 15.2. The summed E-state index contributed by atoms with van der Waals surface area (Å²) < 4.78 is 0. The van der Waals surface area contributed by atoms with Crippen molar-refractivity contribution in [3.05, 3.63) is 54.1 Å². The maximum absolute atomic E-state index is 2.42. The zero-order valence-corrected chi connectivity index (χ0v) is 11.5. The van der Waals surface area contributed by atoms with Gasteiger partial charge in [-0.15, -0.1) is 0 Å². The fraction of sp³-hybridized carbons (Fsp3) is 0.333. The summed E-state index contributed by atoms with van der Waals surface area (Å²) in [5, 5.41) is 2.68. The Hall–Kier alpha value is -1.60. The van der Waals surface area contributed by atoms with Gasteiger partial charge in [-0.3, -0.25) is 0 Å². The second-order valence-electron chi connectivity index (χ2n) is 5.57. The minimum absolute atomic E-state index is 0.746. The highest BCUT2D eigenvalue weighted by atomic mass is 15.1. The van der Waals surface area contributed by atoms with Crippen molar-refractivity contribution in [3.63, 3.8) is 0 Å². The molecule has 0 N–H and O–H groups in total. The summed E-state index contributed by atoms with van der Waals surface area (Å²) in [4.78, 5) is 2.42. The predicted molar refractivity (Wildman–Crippen MR) is 83.2 cm³/mol. The lowest BCUT2D eigenvalue weighted by molar-refractivity contribution is 0.244. The fourth-order valence-corrected chi connectivity index (χ4v) is 2.86. The van der Waals surface area contributed by atoms with E-state index in [0.29, 0.717) is 0 Å². The van der Waals surface area contributed by atoms with Gasteiger partial charge in [-0.25, -0.2) is 0 Å². The molecular formula is C18H21N. The zero-order chi connectivity index (χ0) is 13.1. The average Bonchev–Trinajstić information content (AvgIpc) is 2.47. The van der Waals surface area contributed by atoms with E-state index in [0.717, 1.165) is 5.92 Å². The van der Waals surface area contributed by atoms with Gasteiger partial charge in [-0.2, -0.15) is 0 Å². The van der Waals surface area contributed by atoms with Crippen LogP contribution < -0.4 is 0 Å². The molecule has 0 saturated carbocycles. The van der Waals surface area contributed by atoms with Crippen LogP contribution >= 0.6 is 0 Å². The van der Waals surface area contributed by atoms with Crippen LogP contribution in [0, 0.1) is 5.92 Å². The molecule has 0 atom stereocenters. The fourth-order valence-electron chi connectivity index (χ4n) is 2.86. The van der Waals surface area contributed by atoms with E-state index >= 15 is 0 Å². The van der Waals surface area contributed by atoms with Crippen LogP contribution in [0.25, 0.3) is 16.8 Å². The molecule has 0 aromatic heterocycles. The molecule has 1 heterocycles. The van der Waals surface area contributed by atoms with Crippen molar-refractivity contribution in [2.45, 2.75) is 12.8 Å². The largest absolute Gasteiger partial charge is 0.306 e. The molecule has 98 valence electrons. The van der Waals surface area contributed by atoms with E-state index in [9.17, 15) is 0 Å². The summed E-state index contributed by atoms with van der Waals surface area (Å²) >= 11 is 0. The molecule has 0 bridgehead atoms. The molecule has 2 aromatic carbocycles. The molecule has 0 spiro atoms. The highest BCUT2D eigenvalue weighted by molar-refractivity contribution is 5.90. The van der Waals surface area contributed by atoms with E-state index in [4.69, 9.17) is 0 Å². The molecule has 1 saturated heterocycles. The number of benzene rings is 2. The molecular weight excluding hydrogens is 230 g/mol. The van der Waals surface area contributed by atoms with Gasteiger partial charge in [-0.05, 0) is 55.2 Å². The van der Waals surface area contributed by atoms with Gasteiger partial charge in [0.15, 0.2) is 0 Å². The van der Waals surface area contributed by atoms with E-state index in [1.54, 1.807) is 0 Å². The van der Waals surface area contributed by atoms with Gasteiger partial charge in [0, 0.05) is 0 Å². The Morgan fingerprint density at radius 3 is 2.58 bits per heavy atom. The van der Waals surface area contributed by atoms with Gasteiger partial charge in [-0.1, -0.05) is 54.6 Å². The second-order valence-corrected chi connectivity index (χ2v) is 5.57. The van der Waals surface area contributed by atoms with Gasteiger partial charge in [0.2, 0.25) is 0 Å². The predicted octanol–water partition coefficient (Wildman–Crippen LogP) is 4.19. The van der Waals surface area contributed by atoms with Gasteiger partial charge in [0.1, 0.15) is 0 Å². The van der Waals surface area contributed by atoms with Crippen molar-refractivity contribution in [1.82, 2.24) is 4.90 Å². The summed E-state index contributed by atoms with van der Waals surface area (Å²) in [6.45, 7) is 2.45. The van der Waals surface area contributed by atoms with E-state index in [1.807, 2.05) is 0 Å². The number of allylic oxidation sites excluding steroid dienone is 1. The van der Waals surface area contributed by atoms with Crippen LogP contribution in [-0.2, 0) is 0 Å². The normalized spacial score (nSPS) is 18.4. The van der Waals surface area contributed by atoms with Crippen LogP contribution in [-0.4, -0.2) is 25.0 Å². The number of hydrogen-bond donors (Lipinski definition) is 0. The van der Waals surface area contributed by atoms with Crippen molar-refractivity contribution in [3.8, 4) is 0 Å². The lowest BCUT2D eigenvalue weighted by Crippen LogP contribution is -2.29. The first-order valence-electron chi connectivity index (χ1n) is 7.17. The third kappa shape index (κ3) is 2.87. The van der Waals surface area contributed by atoms with Gasteiger partial charge < -0.3 is 4.90 Å². The Labute approximate surface area is 115 Å². The molecule has 1 aliphatic heterocycles. The van der Waals surface area contributed by atoms with Crippen LogP contribution in [0.4, 0.5) is 0 Å². The zero-order valence-electron chi connectivity index (χ0n) is 11.5. The lowest BCUT2D eigenvalue weighted by Gasteiger charge is -2.26. The molecule has 0 amide bonds. The third-order valence-electron chi connectivity index (χ3n) is 4.13. The number of nitrogens with zero attached hydrogens (tertiary/aromatic N) is 1. The maximum Gasteiger partial charge on any atom is -0.00162 e. The molecule has 1 fully saturated rings. The highest BCUT2D eigenvalue weighted by Gasteiger charge is 2.13. The first-order chi connectivity index (χ1) is 9.33. The number of likely N-dealkylation sites (tertiary alicyclic amines) is 1. The van der Waals surface area contributed by atoms with Crippen LogP contribution in [0.1, 0.15) is 18.4 Å². The Bertz CT molecular complexity index is 572. The molecule has 3 rings (SSSR count). The van der Waals surface area contributed by atoms with Crippen LogP contribution in [0.5, 0.6) is 0 Å². The topological polar surface area (TPSA) is 3.24 Å². The quantitative estimate of drug-likeness (QED) is 0.773. The number of fused-ring (bicyclic) bond motifs is 1. The third-order valence-corrected chi connectivity index (χ3v) is 4.13. The maximum atomic E-state index is 2.42. The Morgan fingerprint density at radius 2 is 1.74 bits per heavy atom. The van der Waals surface area contributed by atoms with Crippen molar-refractivity contribution >= 4 is 16.8 Å². The van der Waals surface area contributed by atoms with E-state index in [-0.39, 0.29) is 0 Å². The van der Waals surface area contributed by atoms with Crippen molar-refractivity contribution < 1.29 is 0 Å². The number of hydrogen-bond acceptors (Lipinski definition) is 1. The molecule has 1 nitrogen and oxygen atoms in total. The summed E-state index contributed by atoms with van der Waals surface area (Å²) in [7, 11) is 2.21. The minimum atomic E-state index is 0.746. The SMILES string of the molecule is CN1CCC(/C=C/c2cccc3ccccc23)CC1. The molecule has 1 heteroatoms. The summed E-state index contributed by atoms with van der Waals surface area (Å²) in [5.41, 5.74) is 1.34. The Balaban J connectivity index is 1.81. The second kappa shape index (κ2) is 5.58.